The molecule has 2 saturated heterocycles. The van der Waals surface area contributed by atoms with Crippen molar-refractivity contribution in [3.05, 3.63) is 28.7 Å². The van der Waals surface area contributed by atoms with E-state index in [4.69, 9.17) is 0 Å². The van der Waals surface area contributed by atoms with Crippen LogP contribution in [0.25, 0.3) is 0 Å². The molecule has 2 heterocycles. The topological polar surface area (TPSA) is 44.4 Å². The number of nitrogens with one attached hydrogen (secondary N) is 2. The van der Waals surface area contributed by atoms with Crippen molar-refractivity contribution < 1.29 is 4.79 Å². The van der Waals surface area contributed by atoms with Crippen molar-refractivity contribution in [1.82, 2.24) is 10.6 Å². The standard InChI is InChI=1S/C18H26BrN3O.2ClH/c1-13-10-15(6-8-20-13)18(23)21-11-14-7-9-22(12-14)17-4-2-16(19)3-5-17;;/h2-5,13-15,20H,6-12H2,1H3,(H,21,23);2*1H/t13-,14?,15-;;/m0../s1. The molecule has 2 aliphatic heterocycles. The van der Waals surface area contributed by atoms with Crippen LogP contribution < -0.4 is 15.5 Å². The zero-order chi connectivity index (χ0) is 16.2. The van der Waals surface area contributed by atoms with E-state index in [0.717, 1.165) is 49.9 Å². The van der Waals surface area contributed by atoms with Gasteiger partial charge in [-0.3, -0.25) is 4.79 Å². The molecule has 1 aromatic rings. The fourth-order valence-electron chi connectivity index (χ4n) is 3.65. The highest BCUT2D eigenvalue weighted by Gasteiger charge is 2.27. The van der Waals surface area contributed by atoms with Crippen molar-refractivity contribution in [2.75, 3.05) is 31.1 Å². The van der Waals surface area contributed by atoms with E-state index in [2.05, 4.69) is 62.7 Å². The molecule has 0 saturated carbocycles. The van der Waals surface area contributed by atoms with Crippen LogP contribution in [0.1, 0.15) is 26.2 Å². The average Bonchev–Trinajstić information content (AvgIpc) is 3.02. The highest BCUT2D eigenvalue weighted by molar-refractivity contribution is 9.10. The minimum absolute atomic E-state index is 0. The number of halogens is 3. The Labute approximate surface area is 171 Å². The van der Waals surface area contributed by atoms with Gasteiger partial charge in [-0.2, -0.15) is 0 Å². The van der Waals surface area contributed by atoms with Crippen LogP contribution in [0.15, 0.2) is 28.7 Å². The summed E-state index contributed by atoms with van der Waals surface area (Å²) in [5.74, 6) is 0.998. The van der Waals surface area contributed by atoms with Gasteiger partial charge < -0.3 is 15.5 Å². The number of hydrogen-bond donors (Lipinski definition) is 2. The summed E-state index contributed by atoms with van der Waals surface area (Å²) in [4.78, 5) is 14.7. The van der Waals surface area contributed by atoms with E-state index in [1.54, 1.807) is 0 Å². The van der Waals surface area contributed by atoms with Crippen molar-refractivity contribution in [3.63, 3.8) is 0 Å². The third kappa shape index (κ3) is 6.31. The monoisotopic (exact) mass is 451 g/mol. The molecule has 0 bridgehead atoms. The summed E-state index contributed by atoms with van der Waals surface area (Å²) < 4.78 is 1.11. The molecule has 7 heteroatoms. The molecule has 1 unspecified atom stereocenters. The van der Waals surface area contributed by atoms with Gasteiger partial charge in [0.2, 0.25) is 5.91 Å². The summed E-state index contributed by atoms with van der Waals surface area (Å²) in [5, 5.41) is 6.60. The number of nitrogens with zero attached hydrogens (tertiary/aromatic N) is 1. The van der Waals surface area contributed by atoms with Gasteiger partial charge >= 0.3 is 0 Å². The summed E-state index contributed by atoms with van der Waals surface area (Å²) in [6.07, 6.45) is 3.08. The Balaban J connectivity index is 0.00000156. The molecular formula is C18H28BrCl2N3O. The van der Waals surface area contributed by atoms with Crippen molar-refractivity contribution in [3.8, 4) is 0 Å². The number of anilines is 1. The zero-order valence-corrected chi connectivity index (χ0v) is 17.8. The lowest BCUT2D eigenvalue weighted by Crippen LogP contribution is -2.43. The molecule has 1 aromatic carbocycles. The second kappa shape index (κ2) is 10.6. The van der Waals surface area contributed by atoms with Crippen molar-refractivity contribution in [2.45, 2.75) is 32.2 Å². The number of carbonyl (C=O) groups is 1. The summed E-state index contributed by atoms with van der Waals surface area (Å²) in [6, 6.07) is 8.94. The molecule has 3 rings (SSSR count). The lowest BCUT2D eigenvalue weighted by Gasteiger charge is -2.27. The molecule has 2 fully saturated rings. The van der Waals surface area contributed by atoms with Crippen molar-refractivity contribution in [1.29, 1.82) is 0 Å². The molecule has 0 spiro atoms. The van der Waals surface area contributed by atoms with Gasteiger partial charge in [0.1, 0.15) is 0 Å². The Morgan fingerprint density at radius 1 is 1.28 bits per heavy atom. The van der Waals surface area contributed by atoms with Crippen LogP contribution in [0.5, 0.6) is 0 Å². The van der Waals surface area contributed by atoms with Gasteiger partial charge in [-0.05, 0) is 62.9 Å². The predicted molar refractivity (Wildman–Crippen MR) is 112 cm³/mol. The van der Waals surface area contributed by atoms with Crippen LogP contribution in [0, 0.1) is 11.8 Å². The number of amides is 1. The molecule has 4 nitrogen and oxygen atoms in total. The number of carbonyl (C=O) groups excluding carboxylic acids is 1. The molecule has 1 amide bonds. The van der Waals surface area contributed by atoms with Crippen LogP contribution in [-0.2, 0) is 4.79 Å². The largest absolute Gasteiger partial charge is 0.371 e. The Hall–Kier alpha value is -0.490. The first-order valence-electron chi connectivity index (χ1n) is 8.63. The summed E-state index contributed by atoms with van der Waals surface area (Å²) in [7, 11) is 0. The zero-order valence-electron chi connectivity index (χ0n) is 14.5. The van der Waals surface area contributed by atoms with Crippen LogP contribution >= 0.6 is 40.7 Å². The van der Waals surface area contributed by atoms with E-state index < -0.39 is 0 Å². The Kier molecular flexibility index (Phi) is 9.57. The second-order valence-electron chi connectivity index (χ2n) is 6.90. The maximum Gasteiger partial charge on any atom is 0.223 e. The number of benzene rings is 1. The van der Waals surface area contributed by atoms with Crippen molar-refractivity contribution >= 4 is 52.3 Å². The van der Waals surface area contributed by atoms with E-state index in [1.807, 2.05) is 0 Å². The third-order valence-electron chi connectivity index (χ3n) is 5.04. The fraction of sp³-hybridized carbons (Fsp3) is 0.611. The van der Waals surface area contributed by atoms with Crippen LogP contribution in [-0.4, -0.2) is 38.1 Å². The molecule has 3 atom stereocenters. The number of rotatable bonds is 4. The quantitative estimate of drug-likeness (QED) is 0.733. The molecule has 2 N–H and O–H groups in total. The van der Waals surface area contributed by atoms with Crippen LogP contribution in [0.3, 0.4) is 0 Å². The molecule has 142 valence electrons. The molecule has 0 radical (unpaired) electrons. The lowest BCUT2D eigenvalue weighted by atomic mass is 9.92. The Morgan fingerprint density at radius 3 is 2.68 bits per heavy atom. The van der Waals surface area contributed by atoms with Gasteiger partial charge in [0.15, 0.2) is 0 Å². The van der Waals surface area contributed by atoms with E-state index in [-0.39, 0.29) is 36.6 Å². The van der Waals surface area contributed by atoms with Crippen molar-refractivity contribution in [2.24, 2.45) is 11.8 Å². The van der Waals surface area contributed by atoms with E-state index in [0.29, 0.717) is 12.0 Å². The van der Waals surface area contributed by atoms with Gasteiger partial charge in [0.25, 0.3) is 0 Å². The molecule has 0 aromatic heterocycles. The highest BCUT2D eigenvalue weighted by Crippen LogP contribution is 2.25. The maximum atomic E-state index is 12.3. The molecular weight excluding hydrogens is 425 g/mol. The van der Waals surface area contributed by atoms with Gasteiger partial charge in [-0.1, -0.05) is 15.9 Å². The minimum Gasteiger partial charge on any atom is -0.371 e. The molecule has 0 aliphatic carbocycles. The average molecular weight is 453 g/mol. The van der Waals surface area contributed by atoms with E-state index >= 15 is 0 Å². The summed E-state index contributed by atoms with van der Waals surface area (Å²) >= 11 is 3.48. The summed E-state index contributed by atoms with van der Waals surface area (Å²) in [6.45, 7) is 6.04. The first-order chi connectivity index (χ1) is 11.1. The number of hydrogen-bond acceptors (Lipinski definition) is 3. The molecule has 25 heavy (non-hydrogen) atoms. The second-order valence-corrected chi connectivity index (χ2v) is 7.81. The fourth-order valence-corrected chi connectivity index (χ4v) is 3.91. The highest BCUT2D eigenvalue weighted by atomic mass is 79.9. The predicted octanol–water partition coefficient (Wildman–Crippen LogP) is 3.62. The maximum absolute atomic E-state index is 12.3. The Bertz CT molecular complexity index is 544. The number of piperidine rings is 1. The lowest BCUT2D eigenvalue weighted by molar-refractivity contribution is -0.126. The normalized spacial score (nSPS) is 25.7. The first kappa shape index (κ1) is 22.6. The van der Waals surface area contributed by atoms with E-state index in [1.165, 1.54) is 5.69 Å². The van der Waals surface area contributed by atoms with Gasteiger partial charge in [0.05, 0.1) is 0 Å². The van der Waals surface area contributed by atoms with E-state index in [9.17, 15) is 4.79 Å². The summed E-state index contributed by atoms with van der Waals surface area (Å²) in [5.41, 5.74) is 1.27. The Morgan fingerprint density at radius 2 is 2.00 bits per heavy atom. The van der Waals surface area contributed by atoms with Gasteiger partial charge in [0, 0.05) is 41.8 Å². The minimum atomic E-state index is 0. The molecule has 2 aliphatic rings. The van der Waals surface area contributed by atoms with Crippen LogP contribution in [0.4, 0.5) is 5.69 Å². The van der Waals surface area contributed by atoms with Crippen LogP contribution in [0.2, 0.25) is 0 Å². The smallest absolute Gasteiger partial charge is 0.223 e. The van der Waals surface area contributed by atoms with Gasteiger partial charge in [-0.15, -0.1) is 24.8 Å². The SMILES string of the molecule is C[C@H]1C[C@@H](C(=O)NCC2CCN(c3ccc(Br)cc3)C2)CCN1.Cl.Cl. The van der Waals surface area contributed by atoms with Gasteiger partial charge in [-0.25, -0.2) is 0 Å². The first-order valence-corrected chi connectivity index (χ1v) is 9.42. The third-order valence-corrected chi connectivity index (χ3v) is 5.57.